The summed E-state index contributed by atoms with van der Waals surface area (Å²) in [5, 5.41) is 52.0. The van der Waals surface area contributed by atoms with Crippen LogP contribution in [0.3, 0.4) is 0 Å². The zero-order chi connectivity index (χ0) is 62.4. The van der Waals surface area contributed by atoms with Gasteiger partial charge >= 0.3 is 17.9 Å². The molecular weight excluding hydrogens is 1130 g/mol. The number of carboxylic acid groups (broad SMARTS) is 3. The number of carbonyl (C=O) groups is 15. The molecule has 0 aromatic carbocycles. The number of rotatable bonds is 40. The minimum atomic E-state index is -2.02. The molecule has 81 heavy (non-hydrogen) atoms. The number of thiol groups is 2. The van der Waals surface area contributed by atoms with Crippen molar-refractivity contribution in [3.05, 3.63) is 0 Å². The van der Waals surface area contributed by atoms with E-state index in [0.717, 1.165) is 0 Å². The predicted molar refractivity (Wildman–Crippen MR) is 297 cm³/mol. The van der Waals surface area contributed by atoms with Crippen molar-refractivity contribution in [2.75, 3.05) is 30.1 Å². The normalized spacial score (nSPS) is 15.1. The second kappa shape index (κ2) is 37.9. The van der Waals surface area contributed by atoms with Crippen molar-refractivity contribution in [2.24, 2.45) is 35.0 Å². The SMILES string of the molecule is CC[C@H](C)[C@H](NC(=O)[C@H](CS)NC(=O)[C@H](CC(=O)O)NC(=O)[C@H](CCC(N)=O)NC(=O)[C@H](CS)NC(=O)[C@@H](NC(=O)[C@H](CC(=O)O)NC(=O)CN)C(C)C)C(=O)N[C@@H](CCC(N)=O)C(=O)N[C@@H](CCSC)C(=O)N[C@H](C(=O)O)C(C)C. The average Bonchev–Trinajstić information content (AvgIpc) is 3.38. The molecule has 0 unspecified atom stereocenters. The van der Waals surface area contributed by atoms with Crippen LogP contribution in [0.2, 0.25) is 0 Å². The summed E-state index contributed by atoms with van der Waals surface area (Å²) in [5.41, 5.74) is 15.9. The van der Waals surface area contributed by atoms with E-state index in [1.54, 1.807) is 34.0 Å². The number of thioether (sulfide) groups is 1. The quantitative estimate of drug-likeness (QED) is 0.0254. The van der Waals surface area contributed by atoms with Gasteiger partial charge in [-0.05, 0) is 49.0 Å². The van der Waals surface area contributed by atoms with E-state index >= 15 is 0 Å². The van der Waals surface area contributed by atoms with Gasteiger partial charge in [0.15, 0.2) is 0 Å². The molecule has 0 heterocycles. The molecule has 0 radical (unpaired) electrons. The summed E-state index contributed by atoms with van der Waals surface area (Å²) in [7, 11) is 0. The van der Waals surface area contributed by atoms with Crippen molar-refractivity contribution in [3.63, 3.8) is 0 Å². The lowest BCUT2D eigenvalue weighted by Gasteiger charge is -2.29. The molecule has 31 nitrogen and oxygen atoms in total. The van der Waals surface area contributed by atoms with Crippen LogP contribution in [0.1, 0.15) is 92.9 Å². The lowest BCUT2D eigenvalue weighted by atomic mass is 9.97. The van der Waals surface area contributed by atoms with E-state index in [1.165, 1.54) is 25.6 Å². The Kier molecular flexibility index (Phi) is 34.6. The summed E-state index contributed by atoms with van der Waals surface area (Å²) in [6, 6.07) is -15.9. The van der Waals surface area contributed by atoms with Gasteiger partial charge < -0.3 is 85.7 Å². The number of amides is 12. The van der Waals surface area contributed by atoms with Gasteiger partial charge in [-0.1, -0.05) is 48.0 Å². The highest BCUT2D eigenvalue weighted by Crippen LogP contribution is 2.13. The summed E-state index contributed by atoms with van der Waals surface area (Å²) in [6.45, 7) is 8.69. The van der Waals surface area contributed by atoms with Gasteiger partial charge in [-0.15, -0.1) is 0 Å². The van der Waals surface area contributed by atoms with Crippen LogP contribution in [0.25, 0.3) is 0 Å². The van der Waals surface area contributed by atoms with Gasteiger partial charge in [0.2, 0.25) is 70.9 Å². The first-order chi connectivity index (χ1) is 37.8. The van der Waals surface area contributed by atoms with Crippen LogP contribution in [-0.2, 0) is 71.9 Å². The molecule has 0 aromatic heterocycles. The van der Waals surface area contributed by atoms with E-state index in [-0.39, 0.29) is 19.3 Å². The van der Waals surface area contributed by atoms with Gasteiger partial charge in [-0.2, -0.15) is 37.0 Å². The van der Waals surface area contributed by atoms with Crippen LogP contribution in [0.5, 0.6) is 0 Å². The monoisotopic (exact) mass is 1210 g/mol. The highest BCUT2D eigenvalue weighted by molar-refractivity contribution is 7.98. The molecule has 12 amide bonds. The molecule has 0 spiro atoms. The Bertz CT molecular complexity index is 2260. The van der Waals surface area contributed by atoms with Crippen LogP contribution in [0.4, 0.5) is 0 Å². The van der Waals surface area contributed by atoms with Gasteiger partial charge in [0, 0.05) is 24.3 Å². The molecule has 458 valence electrons. The van der Waals surface area contributed by atoms with Crippen LogP contribution < -0.4 is 70.4 Å². The van der Waals surface area contributed by atoms with Crippen molar-refractivity contribution >= 4 is 126 Å². The zero-order valence-corrected chi connectivity index (χ0v) is 48.6. The predicted octanol–water partition coefficient (Wildman–Crippen LogP) is -5.67. The van der Waals surface area contributed by atoms with Crippen LogP contribution in [0.15, 0.2) is 0 Å². The minimum Gasteiger partial charge on any atom is -0.481 e. The van der Waals surface area contributed by atoms with E-state index in [9.17, 15) is 87.2 Å². The van der Waals surface area contributed by atoms with E-state index in [2.05, 4.69) is 78.4 Å². The van der Waals surface area contributed by atoms with E-state index in [4.69, 9.17) is 17.2 Å². The Morgan fingerprint density at radius 2 is 0.765 bits per heavy atom. The average molecular weight is 1210 g/mol. The van der Waals surface area contributed by atoms with Crippen molar-refractivity contribution in [2.45, 2.75) is 153 Å². The fraction of sp³-hybridized carbons (Fsp3) is 0.681. The number of hydrogen-bond acceptors (Lipinski definition) is 19. The van der Waals surface area contributed by atoms with Gasteiger partial charge in [0.05, 0.1) is 19.4 Å². The van der Waals surface area contributed by atoms with Crippen LogP contribution in [-0.4, -0.2) is 195 Å². The maximum absolute atomic E-state index is 14.0. The smallest absolute Gasteiger partial charge is 0.326 e. The standard InChI is InChI=1S/C47H79N13O18S3/c1-8-22(6)37(46(76)54-24(10-12-31(50)62)38(68)53-25(13-14-81-7)40(70)59-36(21(4)5)47(77)78)60-44(74)29(19-80)56-41(71)27(16-34(66)67)55-39(69)23(9-11-30(49)61)52-43(73)28(18-79)57-45(75)35(20(2)3)58-42(72)26(15-33(64)65)51-32(63)17-48/h20-29,35-37,79-80H,8-19,48H2,1-7H3,(H2,49,61)(H2,50,62)(H,51,63)(H,52,73)(H,53,68)(H,54,76)(H,55,69)(H,56,71)(H,57,75)(H,58,72)(H,59,70)(H,60,74)(H,64,65)(H,66,67)(H,77,78)/t22-,23-,24-,25-,26-,27-,28-,29-,35-,36-,37-/m0/s1. The molecule has 11 atom stereocenters. The molecule has 0 saturated carbocycles. The van der Waals surface area contributed by atoms with Crippen molar-refractivity contribution in [1.29, 1.82) is 0 Å². The van der Waals surface area contributed by atoms with Crippen LogP contribution >= 0.6 is 37.0 Å². The number of carbonyl (C=O) groups excluding carboxylic acids is 12. The first kappa shape index (κ1) is 74.1. The fourth-order valence-corrected chi connectivity index (χ4v) is 8.13. The number of hydrogen-bond donors (Lipinski definition) is 18. The molecule has 0 aliphatic rings. The summed E-state index contributed by atoms with van der Waals surface area (Å²) in [6.07, 6.45) is -2.02. The number of carboxylic acids is 3. The topological polar surface area (TPSA) is 515 Å². The third kappa shape index (κ3) is 27.9. The Balaban J connectivity index is 6.64. The molecule has 0 aliphatic heterocycles. The van der Waals surface area contributed by atoms with Gasteiger partial charge in [0.25, 0.3) is 0 Å². The molecular formula is C47H79N13O18S3. The Labute approximate surface area is 482 Å². The summed E-state index contributed by atoms with van der Waals surface area (Å²) in [4.78, 5) is 194. The molecule has 0 bridgehead atoms. The Morgan fingerprint density at radius 3 is 1.16 bits per heavy atom. The first-order valence-corrected chi connectivity index (χ1v) is 28.1. The van der Waals surface area contributed by atoms with E-state index in [0.29, 0.717) is 5.75 Å². The number of primary amides is 2. The maximum atomic E-state index is 14.0. The molecule has 0 rings (SSSR count). The summed E-state index contributed by atoms with van der Waals surface area (Å²) < 4.78 is 0. The first-order valence-electron chi connectivity index (χ1n) is 25.4. The van der Waals surface area contributed by atoms with Crippen molar-refractivity contribution < 1.29 is 87.2 Å². The van der Waals surface area contributed by atoms with Gasteiger partial charge in [-0.3, -0.25) is 67.1 Å². The third-order valence-electron chi connectivity index (χ3n) is 12.0. The zero-order valence-electron chi connectivity index (χ0n) is 46.0. The highest BCUT2D eigenvalue weighted by atomic mass is 32.2. The van der Waals surface area contributed by atoms with Gasteiger partial charge in [0.1, 0.15) is 60.4 Å². The number of nitrogens with two attached hydrogens (primary N) is 3. The minimum absolute atomic E-state index is 0.0248. The van der Waals surface area contributed by atoms with E-state index < -0.39 is 217 Å². The summed E-state index contributed by atoms with van der Waals surface area (Å²) in [5.74, 6) is -19.4. The van der Waals surface area contributed by atoms with Crippen molar-refractivity contribution in [1.82, 2.24) is 53.2 Å². The largest absolute Gasteiger partial charge is 0.481 e. The Hall–Kier alpha value is -6.94. The third-order valence-corrected chi connectivity index (χ3v) is 13.4. The summed E-state index contributed by atoms with van der Waals surface area (Å²) >= 11 is 9.57. The molecule has 0 saturated heterocycles. The van der Waals surface area contributed by atoms with Gasteiger partial charge in [-0.25, -0.2) is 4.79 Å². The number of nitrogens with one attached hydrogen (secondary N) is 10. The fourth-order valence-electron chi connectivity index (χ4n) is 7.15. The lowest BCUT2D eigenvalue weighted by molar-refractivity contribution is -0.143. The van der Waals surface area contributed by atoms with Crippen molar-refractivity contribution in [3.8, 4) is 0 Å². The second-order valence-electron chi connectivity index (χ2n) is 19.2. The Morgan fingerprint density at radius 1 is 0.444 bits per heavy atom. The number of aliphatic carboxylic acids is 3. The molecule has 19 N–H and O–H groups in total. The molecule has 34 heteroatoms. The molecule has 0 fully saturated rings. The lowest BCUT2D eigenvalue weighted by Crippen LogP contribution is -2.62. The van der Waals surface area contributed by atoms with Crippen LogP contribution in [0, 0.1) is 17.8 Å². The molecule has 0 aliphatic carbocycles. The molecule has 0 aromatic rings. The van der Waals surface area contributed by atoms with E-state index in [1.807, 2.05) is 0 Å². The highest BCUT2D eigenvalue weighted by Gasteiger charge is 2.38. The second-order valence-corrected chi connectivity index (χ2v) is 20.9. The maximum Gasteiger partial charge on any atom is 0.326 e.